The monoisotopic (exact) mass is 1160 g/mol. The zero-order chi connectivity index (χ0) is 59.9. The summed E-state index contributed by atoms with van der Waals surface area (Å²) in [6.07, 6.45) is 91.4. The zero-order valence-electron chi connectivity index (χ0n) is 56.0. The van der Waals surface area contributed by atoms with E-state index in [1.165, 1.54) is 295 Å². The molecule has 0 aromatic rings. The first-order valence-corrected chi connectivity index (χ1v) is 37.1. The molecule has 0 bridgehead atoms. The van der Waals surface area contributed by atoms with E-state index < -0.39 is 6.10 Å². The zero-order valence-corrected chi connectivity index (χ0v) is 56.0. The fraction of sp³-hybridized carbons (Fsp3) is 0.857. The molecule has 0 amide bonds. The van der Waals surface area contributed by atoms with Crippen LogP contribution in [0.1, 0.15) is 406 Å². The van der Waals surface area contributed by atoms with Crippen LogP contribution < -0.4 is 0 Å². The summed E-state index contributed by atoms with van der Waals surface area (Å²) in [5, 5.41) is 0. The molecule has 0 radical (unpaired) electrons. The number of hydrogen-bond acceptors (Lipinski definition) is 6. The first kappa shape index (κ1) is 80.4. The Morgan fingerprint density at radius 2 is 0.434 bits per heavy atom. The molecular weight excluding hydrogens is 1020 g/mol. The largest absolute Gasteiger partial charge is 0.462 e. The minimum Gasteiger partial charge on any atom is -0.462 e. The highest BCUT2D eigenvalue weighted by Crippen LogP contribution is 2.18. The first-order chi connectivity index (χ1) is 41.0. The van der Waals surface area contributed by atoms with Gasteiger partial charge in [0, 0.05) is 19.3 Å². The van der Waals surface area contributed by atoms with Gasteiger partial charge < -0.3 is 14.2 Å². The minimum atomic E-state index is -0.775. The van der Waals surface area contributed by atoms with E-state index in [0.29, 0.717) is 19.3 Å². The van der Waals surface area contributed by atoms with Gasteiger partial charge in [0.2, 0.25) is 0 Å². The van der Waals surface area contributed by atoms with Crippen molar-refractivity contribution in [3.63, 3.8) is 0 Å². The number of carbonyl (C=O) groups excluding carboxylic acids is 3. The van der Waals surface area contributed by atoms with Crippen molar-refractivity contribution in [3.05, 3.63) is 48.6 Å². The molecule has 6 heteroatoms. The third kappa shape index (κ3) is 70.0. The highest BCUT2D eigenvalue weighted by molar-refractivity contribution is 5.71. The lowest BCUT2D eigenvalue weighted by Crippen LogP contribution is -2.30. The van der Waals surface area contributed by atoms with Crippen LogP contribution in [0.25, 0.3) is 0 Å². The maximum Gasteiger partial charge on any atom is 0.306 e. The van der Waals surface area contributed by atoms with Gasteiger partial charge in [0.1, 0.15) is 13.2 Å². The topological polar surface area (TPSA) is 78.9 Å². The molecule has 0 saturated carbocycles. The van der Waals surface area contributed by atoms with Crippen molar-refractivity contribution in [2.45, 2.75) is 412 Å². The molecule has 1 atom stereocenters. The van der Waals surface area contributed by atoms with Crippen LogP contribution in [-0.4, -0.2) is 37.2 Å². The molecule has 0 fully saturated rings. The van der Waals surface area contributed by atoms with Crippen molar-refractivity contribution >= 4 is 17.9 Å². The third-order valence-electron chi connectivity index (χ3n) is 16.8. The van der Waals surface area contributed by atoms with Crippen LogP contribution in [0.4, 0.5) is 0 Å². The summed E-state index contributed by atoms with van der Waals surface area (Å²) in [5.74, 6) is -0.844. The van der Waals surface area contributed by atoms with Gasteiger partial charge in [-0.2, -0.15) is 0 Å². The fourth-order valence-corrected chi connectivity index (χ4v) is 11.2. The molecule has 486 valence electrons. The average Bonchev–Trinajstić information content (AvgIpc) is 3.49. The van der Waals surface area contributed by atoms with Gasteiger partial charge in [-0.1, -0.05) is 352 Å². The lowest BCUT2D eigenvalue weighted by atomic mass is 10.0. The molecular formula is C77H142O6. The lowest BCUT2D eigenvalue weighted by molar-refractivity contribution is -0.167. The Labute approximate surface area is 518 Å². The van der Waals surface area contributed by atoms with Crippen molar-refractivity contribution in [1.29, 1.82) is 0 Å². The Morgan fingerprint density at radius 3 is 0.687 bits per heavy atom. The van der Waals surface area contributed by atoms with Gasteiger partial charge in [0.25, 0.3) is 0 Å². The van der Waals surface area contributed by atoms with Gasteiger partial charge in [-0.3, -0.25) is 14.4 Å². The van der Waals surface area contributed by atoms with E-state index in [2.05, 4.69) is 69.4 Å². The second kappa shape index (κ2) is 71.8. The number of unbranched alkanes of at least 4 members (excludes halogenated alkanes) is 50. The van der Waals surface area contributed by atoms with E-state index in [1.807, 2.05) is 0 Å². The normalized spacial score (nSPS) is 12.3. The van der Waals surface area contributed by atoms with Crippen molar-refractivity contribution < 1.29 is 28.6 Å². The molecule has 0 aliphatic heterocycles. The smallest absolute Gasteiger partial charge is 0.306 e. The summed E-state index contributed by atoms with van der Waals surface area (Å²) in [5.41, 5.74) is 0. The van der Waals surface area contributed by atoms with Crippen LogP contribution in [0.3, 0.4) is 0 Å². The van der Waals surface area contributed by atoms with Crippen molar-refractivity contribution in [1.82, 2.24) is 0 Å². The minimum absolute atomic E-state index is 0.0694. The number of carbonyl (C=O) groups is 3. The van der Waals surface area contributed by atoms with E-state index in [1.54, 1.807) is 0 Å². The molecule has 0 rings (SSSR count). The molecule has 0 aromatic carbocycles. The molecule has 0 aromatic heterocycles. The Morgan fingerprint density at radius 1 is 0.241 bits per heavy atom. The van der Waals surface area contributed by atoms with Crippen LogP contribution >= 0.6 is 0 Å². The van der Waals surface area contributed by atoms with E-state index >= 15 is 0 Å². The van der Waals surface area contributed by atoms with Crippen LogP contribution in [0.15, 0.2) is 48.6 Å². The summed E-state index contributed by atoms with van der Waals surface area (Å²) in [6, 6.07) is 0. The lowest BCUT2D eigenvalue weighted by Gasteiger charge is -2.18. The SMILES string of the molecule is CCCCCCC/C=C\C/C=C\C/C=C\CCCCCCCCCCCCCCCCC(=O)OCC(COC(=O)CCCCCCCCCCCCCCCCCCCC)OC(=O)CCCCCCCCC/C=C\CCCCCCCCC. The number of ether oxygens (including phenoxy) is 3. The maximum absolute atomic E-state index is 13.0. The van der Waals surface area contributed by atoms with Gasteiger partial charge >= 0.3 is 17.9 Å². The molecule has 0 saturated heterocycles. The molecule has 1 unspecified atom stereocenters. The second-order valence-electron chi connectivity index (χ2n) is 25.2. The summed E-state index contributed by atoms with van der Waals surface area (Å²) in [7, 11) is 0. The molecule has 0 N–H and O–H groups in total. The van der Waals surface area contributed by atoms with E-state index in [9.17, 15) is 14.4 Å². The standard InChI is InChI=1S/C77H142O6/c1-4-7-10-13-16-19-22-25-28-31-34-35-36-37-38-39-40-41-42-43-44-47-49-52-55-58-61-64-67-70-76(79)82-73-74(83-77(80)71-68-65-62-59-56-53-50-46-33-30-27-24-21-18-15-12-9-6-3)72-81-75(78)69-66-63-60-57-54-51-48-45-32-29-26-23-20-17-14-11-8-5-2/h22,25,30-31,33-34,36-37,74H,4-21,23-24,26-29,32,35,38-73H2,1-3H3/b25-22-,33-30-,34-31-,37-36-. The molecule has 0 heterocycles. The van der Waals surface area contributed by atoms with Crippen molar-refractivity contribution in [3.8, 4) is 0 Å². The van der Waals surface area contributed by atoms with E-state index in [4.69, 9.17) is 14.2 Å². The number of rotatable bonds is 69. The summed E-state index contributed by atoms with van der Waals surface area (Å²) >= 11 is 0. The van der Waals surface area contributed by atoms with Crippen LogP contribution in [-0.2, 0) is 28.6 Å². The second-order valence-corrected chi connectivity index (χ2v) is 25.2. The van der Waals surface area contributed by atoms with Gasteiger partial charge in [0.15, 0.2) is 6.10 Å². The van der Waals surface area contributed by atoms with Crippen LogP contribution in [0, 0.1) is 0 Å². The molecule has 0 spiro atoms. The highest BCUT2D eigenvalue weighted by Gasteiger charge is 2.19. The Balaban J connectivity index is 4.26. The molecule has 6 nitrogen and oxygen atoms in total. The maximum atomic E-state index is 13.0. The predicted octanol–water partition coefficient (Wildman–Crippen LogP) is 25.7. The number of esters is 3. The van der Waals surface area contributed by atoms with E-state index in [-0.39, 0.29) is 31.1 Å². The van der Waals surface area contributed by atoms with E-state index in [0.717, 1.165) is 70.6 Å². The summed E-state index contributed by atoms with van der Waals surface area (Å²) in [6.45, 7) is 6.70. The Kier molecular flexibility index (Phi) is 69.6. The van der Waals surface area contributed by atoms with Crippen LogP contribution in [0.2, 0.25) is 0 Å². The first-order valence-electron chi connectivity index (χ1n) is 37.1. The van der Waals surface area contributed by atoms with Gasteiger partial charge in [-0.25, -0.2) is 0 Å². The predicted molar refractivity (Wildman–Crippen MR) is 362 cm³/mol. The Bertz CT molecular complexity index is 1430. The molecule has 83 heavy (non-hydrogen) atoms. The van der Waals surface area contributed by atoms with Gasteiger partial charge in [-0.05, 0) is 83.5 Å². The summed E-state index contributed by atoms with van der Waals surface area (Å²) < 4.78 is 17.0. The number of hydrogen-bond donors (Lipinski definition) is 0. The van der Waals surface area contributed by atoms with Crippen molar-refractivity contribution in [2.75, 3.05) is 13.2 Å². The molecule has 0 aliphatic rings. The Hall–Kier alpha value is -2.63. The van der Waals surface area contributed by atoms with Crippen molar-refractivity contribution in [2.24, 2.45) is 0 Å². The third-order valence-corrected chi connectivity index (χ3v) is 16.8. The fourth-order valence-electron chi connectivity index (χ4n) is 11.2. The van der Waals surface area contributed by atoms with Gasteiger partial charge in [-0.15, -0.1) is 0 Å². The molecule has 0 aliphatic carbocycles. The number of allylic oxidation sites excluding steroid dienone is 8. The quantitative estimate of drug-likeness (QED) is 0.0261. The average molecular weight is 1160 g/mol. The van der Waals surface area contributed by atoms with Crippen LogP contribution in [0.5, 0.6) is 0 Å². The highest BCUT2D eigenvalue weighted by atomic mass is 16.6. The summed E-state index contributed by atoms with van der Waals surface area (Å²) in [4.78, 5) is 38.5. The van der Waals surface area contributed by atoms with Gasteiger partial charge in [0.05, 0.1) is 0 Å².